The third kappa shape index (κ3) is 14.8. The standard InChI is InChI=1S/C53H86N4O18S2/c1-16-38-53(11,65)45(61)30(5)41(58)28(3)24-51(9,68-14)46(74-50-43(60)36(56(12)13)22-29(4)70-50)31(6)44(32(7)49(64)72-38)73-40-25-52(10,69-15)47(33(8)71-40)75-77(66,67)21-19-54-18-20-76-39-23-34-37(26-55-39)57(17-2)27-35(42(34)59)48(62)63/h23,26-33,36,38,40,43-47,50,54,60-61,65H,16-22,24-25H2,1-15H3,(H,62,63)/t28-,29-,30+,31+,32-,33+,36+,38-,40+,43-,44+,45-,46-,47+,50+,51-,52-,53-/m1/s1. The van der Waals surface area contributed by atoms with Gasteiger partial charge in [0.1, 0.15) is 35.3 Å². The molecule has 77 heavy (non-hydrogen) atoms. The number of cyclic esters (lactones) is 1. The average molecular weight is 1130 g/mol. The maximum atomic E-state index is 14.6. The van der Waals surface area contributed by atoms with Crippen molar-refractivity contribution in [2.75, 3.05) is 52.9 Å². The average Bonchev–Trinajstić information content (AvgIpc) is 3.37. The number of aliphatic hydroxyl groups excluding tert-OH is 2. The number of aryl methyl sites for hydroxylation is 1. The van der Waals surface area contributed by atoms with Crippen LogP contribution in [-0.2, 0) is 63.6 Å². The Labute approximate surface area is 457 Å². The van der Waals surface area contributed by atoms with Crippen molar-refractivity contribution in [3.63, 3.8) is 0 Å². The minimum atomic E-state index is -4.22. The minimum absolute atomic E-state index is 0.0166. The van der Waals surface area contributed by atoms with Crippen molar-refractivity contribution in [1.29, 1.82) is 0 Å². The van der Waals surface area contributed by atoms with Gasteiger partial charge in [-0.05, 0) is 87.9 Å². The number of ether oxygens (including phenoxy) is 7. The molecule has 3 aliphatic rings. The number of hydrogen-bond donors (Lipinski definition) is 5. The lowest BCUT2D eigenvalue weighted by Crippen LogP contribution is -2.62. The molecule has 24 heteroatoms. The molecule has 438 valence electrons. The Bertz CT molecular complexity index is 2520. The van der Waals surface area contributed by atoms with Crippen LogP contribution in [-0.4, -0.2) is 198 Å². The molecule has 5 N–H and O–H groups in total. The SMILES string of the molecule is CC[C@H]1OC(=O)[C@H](C)[C@@H](O[C@H]2C[C@@](C)(OC)[C@@H](OS(=O)(=O)CCNCCSc3cc4c(=O)c(C(=O)O)cn(CC)c4cn3)[C@H](C)O2)[C@H](C)[C@@H](O[C@@H]2O[C@H](C)C[C@H](N(C)C)[C@H]2O)[C@](C)(OC)C[C@@H](C)C(=O)[C@H](C)[C@@H](O)[C@]1(C)O. The van der Waals surface area contributed by atoms with Crippen LogP contribution in [0.5, 0.6) is 0 Å². The summed E-state index contributed by atoms with van der Waals surface area (Å²) in [5.74, 6) is -6.34. The van der Waals surface area contributed by atoms with Crippen LogP contribution < -0.4 is 10.7 Å². The van der Waals surface area contributed by atoms with E-state index < -0.39 is 129 Å². The predicted molar refractivity (Wildman–Crippen MR) is 286 cm³/mol. The number of aliphatic hydroxyl groups is 3. The molecular formula is C53H86N4O18S2. The largest absolute Gasteiger partial charge is 0.477 e. The highest BCUT2D eigenvalue weighted by Crippen LogP contribution is 2.42. The van der Waals surface area contributed by atoms with Crippen molar-refractivity contribution in [1.82, 2.24) is 19.8 Å². The number of nitrogens with one attached hydrogen (secondary N) is 1. The quantitative estimate of drug-likeness (QED) is 0.0581. The lowest BCUT2D eigenvalue weighted by atomic mass is 9.74. The van der Waals surface area contributed by atoms with Crippen molar-refractivity contribution in [2.24, 2.45) is 23.7 Å². The van der Waals surface area contributed by atoms with Crippen molar-refractivity contribution >= 4 is 50.5 Å². The Morgan fingerprint density at radius 3 is 2.19 bits per heavy atom. The summed E-state index contributed by atoms with van der Waals surface area (Å²) in [6.07, 6.45) is -7.78. The molecule has 0 unspecified atom stereocenters. The summed E-state index contributed by atoms with van der Waals surface area (Å²) in [5, 5.41) is 48.6. The zero-order chi connectivity index (χ0) is 57.7. The van der Waals surface area contributed by atoms with Gasteiger partial charge in [-0.1, -0.05) is 27.7 Å². The van der Waals surface area contributed by atoms with Crippen LogP contribution in [0.1, 0.15) is 112 Å². The second kappa shape index (κ2) is 26.6. The van der Waals surface area contributed by atoms with Gasteiger partial charge in [-0.2, -0.15) is 8.42 Å². The van der Waals surface area contributed by atoms with Crippen LogP contribution in [0.2, 0.25) is 0 Å². The number of aromatic nitrogens is 2. The van der Waals surface area contributed by atoms with Crippen molar-refractivity contribution < 1.29 is 80.6 Å². The third-order valence-electron chi connectivity index (χ3n) is 16.0. The molecule has 0 saturated carbocycles. The van der Waals surface area contributed by atoms with E-state index in [0.29, 0.717) is 35.8 Å². The number of carbonyl (C=O) groups is 3. The lowest BCUT2D eigenvalue weighted by molar-refractivity contribution is -0.317. The van der Waals surface area contributed by atoms with Crippen LogP contribution in [0.4, 0.5) is 0 Å². The Balaban J connectivity index is 1.37. The highest BCUT2D eigenvalue weighted by atomic mass is 32.2. The van der Waals surface area contributed by atoms with E-state index in [1.165, 1.54) is 52.2 Å². The Kier molecular flexibility index (Phi) is 22.3. The number of aromatic carboxylic acids is 1. The number of fused-ring (bicyclic) bond motifs is 1. The zero-order valence-electron chi connectivity index (χ0n) is 47.4. The molecule has 3 aliphatic heterocycles. The van der Waals surface area contributed by atoms with Crippen LogP contribution in [0.3, 0.4) is 0 Å². The number of carboxylic acids is 1. The second-order valence-electron chi connectivity index (χ2n) is 22.1. The Morgan fingerprint density at radius 1 is 0.948 bits per heavy atom. The fourth-order valence-corrected chi connectivity index (χ4v) is 13.2. The monoisotopic (exact) mass is 1130 g/mol. The minimum Gasteiger partial charge on any atom is -0.477 e. The summed E-state index contributed by atoms with van der Waals surface area (Å²) in [5.41, 5.74) is -5.20. The Hall–Kier alpha value is -3.21. The molecule has 22 nitrogen and oxygen atoms in total. The number of methoxy groups -OCH3 is 2. The predicted octanol–water partition coefficient (Wildman–Crippen LogP) is 3.60. The first kappa shape index (κ1) is 64.6. The van der Waals surface area contributed by atoms with Gasteiger partial charge < -0.3 is 68.4 Å². The number of rotatable bonds is 19. The van der Waals surface area contributed by atoms with E-state index in [-0.39, 0.29) is 54.7 Å². The Morgan fingerprint density at radius 2 is 1.60 bits per heavy atom. The molecular weight excluding hydrogens is 1040 g/mol. The van der Waals surface area contributed by atoms with Gasteiger partial charge in [0.2, 0.25) is 5.43 Å². The molecule has 2 aromatic heterocycles. The second-order valence-corrected chi connectivity index (χ2v) is 24.9. The zero-order valence-corrected chi connectivity index (χ0v) is 49.1. The topological polar surface area (TPSA) is 290 Å². The van der Waals surface area contributed by atoms with Gasteiger partial charge in [-0.15, -0.1) is 11.8 Å². The lowest BCUT2D eigenvalue weighted by Gasteiger charge is -2.50. The molecule has 3 saturated heterocycles. The number of likely N-dealkylation sites (N-methyl/N-ethyl adjacent to an activating group) is 1. The van der Waals surface area contributed by atoms with Crippen LogP contribution in [0.15, 0.2) is 28.3 Å². The number of hydrogen-bond acceptors (Lipinski definition) is 21. The van der Waals surface area contributed by atoms with Crippen LogP contribution >= 0.6 is 11.8 Å². The maximum Gasteiger partial charge on any atom is 0.341 e. The van der Waals surface area contributed by atoms with E-state index in [2.05, 4.69) is 10.3 Å². The van der Waals surface area contributed by atoms with E-state index >= 15 is 0 Å². The first-order valence-corrected chi connectivity index (χ1v) is 29.2. The molecule has 5 rings (SSSR count). The number of nitrogens with zero attached hydrogens (tertiary/aromatic N) is 3. The van der Waals surface area contributed by atoms with Gasteiger partial charge in [0, 0.05) is 76.0 Å². The van der Waals surface area contributed by atoms with Crippen molar-refractivity contribution in [3.8, 4) is 0 Å². The van der Waals surface area contributed by atoms with Gasteiger partial charge in [0.05, 0.1) is 75.5 Å². The number of esters is 1. The molecule has 3 fully saturated rings. The molecule has 0 spiro atoms. The van der Waals surface area contributed by atoms with Gasteiger partial charge in [-0.25, -0.2) is 9.78 Å². The van der Waals surface area contributed by atoms with Crippen LogP contribution in [0.25, 0.3) is 10.9 Å². The first-order chi connectivity index (χ1) is 35.9. The number of carbonyl (C=O) groups excluding carboxylic acids is 2. The molecule has 0 amide bonds. The van der Waals surface area contributed by atoms with Crippen molar-refractivity contribution in [3.05, 3.63) is 34.2 Å². The first-order valence-electron chi connectivity index (χ1n) is 26.6. The molecule has 5 heterocycles. The highest BCUT2D eigenvalue weighted by Gasteiger charge is 2.55. The number of thioether (sulfide) groups is 1. The number of carboxylic acid groups (broad SMARTS) is 1. The summed E-state index contributed by atoms with van der Waals surface area (Å²) < 4.78 is 79.7. The van der Waals surface area contributed by atoms with Crippen molar-refractivity contribution in [2.45, 2.75) is 198 Å². The smallest absolute Gasteiger partial charge is 0.341 e. The van der Waals surface area contributed by atoms with Crippen LogP contribution in [0, 0.1) is 23.7 Å². The van der Waals surface area contributed by atoms with E-state index in [0.717, 1.165) is 0 Å². The summed E-state index contributed by atoms with van der Waals surface area (Å²) in [4.78, 5) is 59.8. The molecule has 0 radical (unpaired) electrons. The summed E-state index contributed by atoms with van der Waals surface area (Å²) in [6, 6.07) is 1.20. The van der Waals surface area contributed by atoms with Gasteiger partial charge in [0.25, 0.3) is 10.1 Å². The summed E-state index contributed by atoms with van der Waals surface area (Å²) in [7, 11) is 2.35. The summed E-state index contributed by atoms with van der Waals surface area (Å²) >= 11 is 1.31. The molecule has 0 aliphatic carbocycles. The van der Waals surface area contributed by atoms with E-state index in [9.17, 15) is 48.0 Å². The normalized spacial score (nSPS) is 37.2. The van der Waals surface area contributed by atoms with Gasteiger partial charge >= 0.3 is 11.9 Å². The fourth-order valence-electron chi connectivity index (χ4n) is 11.3. The molecule has 0 aromatic carbocycles. The number of pyridine rings is 2. The highest BCUT2D eigenvalue weighted by molar-refractivity contribution is 7.99. The molecule has 18 atom stereocenters. The van der Waals surface area contributed by atoms with E-state index in [1.54, 1.807) is 59.1 Å². The van der Waals surface area contributed by atoms with Gasteiger partial charge in [-0.3, -0.25) is 18.6 Å². The molecule has 2 aromatic rings. The van der Waals surface area contributed by atoms with E-state index in [4.69, 9.17) is 37.3 Å². The third-order valence-corrected chi connectivity index (χ3v) is 18.2. The molecule has 0 bridgehead atoms. The number of Topliss-reactive ketones (excluding diaryl/α,β-unsaturated/α-hetero) is 1. The number of ketones is 1. The fraction of sp³-hybridized carbons (Fsp3) is 0.792. The van der Waals surface area contributed by atoms with E-state index in [1.807, 2.05) is 32.8 Å². The maximum absolute atomic E-state index is 14.6. The van der Waals surface area contributed by atoms with Gasteiger partial charge in [0.15, 0.2) is 12.6 Å². The summed E-state index contributed by atoms with van der Waals surface area (Å²) in [6.45, 7) is 19.2.